The van der Waals surface area contributed by atoms with E-state index < -0.39 is 0 Å². The van der Waals surface area contributed by atoms with Gasteiger partial charge in [0.05, 0.1) is 12.8 Å². The van der Waals surface area contributed by atoms with Crippen LogP contribution in [0.3, 0.4) is 0 Å². The van der Waals surface area contributed by atoms with Crippen molar-refractivity contribution in [2.75, 3.05) is 32.6 Å². The Bertz CT molecular complexity index is 773. The van der Waals surface area contributed by atoms with Gasteiger partial charge >= 0.3 is 0 Å². The second-order valence-electron chi connectivity index (χ2n) is 9.21. The molecular formula is C23H32N2O3. The number of hydrogen-bond acceptors (Lipinski definition) is 4. The lowest BCUT2D eigenvalue weighted by atomic mass is 9.52. The molecule has 2 bridgehead atoms. The molecule has 5 rings (SSSR count). The second kappa shape index (κ2) is 7.03. The van der Waals surface area contributed by atoms with Gasteiger partial charge in [-0.1, -0.05) is 12.8 Å². The van der Waals surface area contributed by atoms with Crippen LogP contribution in [0.1, 0.15) is 56.1 Å². The van der Waals surface area contributed by atoms with Gasteiger partial charge in [0.25, 0.3) is 5.91 Å². The SMILES string of the molecule is COc1cc2c(cc1NC(=O)C1CCCO1)C[C@H]1C3CCCC[C@@]23CCN1C. The maximum absolute atomic E-state index is 12.6. The largest absolute Gasteiger partial charge is 0.495 e. The maximum atomic E-state index is 12.6. The van der Waals surface area contributed by atoms with E-state index in [1.807, 2.05) is 0 Å². The Balaban J connectivity index is 1.53. The highest BCUT2D eigenvalue weighted by atomic mass is 16.5. The van der Waals surface area contributed by atoms with Gasteiger partial charge in [-0.2, -0.15) is 0 Å². The number of nitrogens with one attached hydrogen (secondary N) is 1. The minimum atomic E-state index is -0.326. The van der Waals surface area contributed by atoms with Crippen molar-refractivity contribution in [1.82, 2.24) is 4.90 Å². The third kappa shape index (κ3) is 2.78. The van der Waals surface area contributed by atoms with Crippen molar-refractivity contribution in [3.05, 3.63) is 23.3 Å². The van der Waals surface area contributed by atoms with E-state index in [2.05, 4.69) is 29.4 Å². The van der Waals surface area contributed by atoms with E-state index in [-0.39, 0.29) is 12.0 Å². The van der Waals surface area contributed by atoms with Crippen LogP contribution < -0.4 is 10.1 Å². The van der Waals surface area contributed by atoms with Gasteiger partial charge < -0.3 is 19.7 Å². The monoisotopic (exact) mass is 384 g/mol. The van der Waals surface area contributed by atoms with Gasteiger partial charge in [-0.05, 0) is 81.3 Å². The Hall–Kier alpha value is -1.59. The van der Waals surface area contributed by atoms with Crippen LogP contribution in [0.2, 0.25) is 0 Å². The highest BCUT2D eigenvalue weighted by molar-refractivity contribution is 5.95. The minimum Gasteiger partial charge on any atom is -0.495 e. The average Bonchev–Trinajstić information content (AvgIpc) is 3.25. The minimum absolute atomic E-state index is 0.0439. The van der Waals surface area contributed by atoms with Crippen LogP contribution in [-0.4, -0.2) is 50.3 Å². The van der Waals surface area contributed by atoms with E-state index in [0.29, 0.717) is 18.1 Å². The van der Waals surface area contributed by atoms with Crippen LogP contribution >= 0.6 is 0 Å². The fourth-order valence-corrected chi connectivity index (χ4v) is 6.50. The first-order chi connectivity index (χ1) is 13.6. The molecule has 4 aliphatic rings. The summed E-state index contributed by atoms with van der Waals surface area (Å²) in [6.45, 7) is 1.86. The molecule has 5 heteroatoms. The van der Waals surface area contributed by atoms with Gasteiger partial charge in [0.2, 0.25) is 0 Å². The van der Waals surface area contributed by atoms with Crippen LogP contribution in [0, 0.1) is 5.92 Å². The second-order valence-corrected chi connectivity index (χ2v) is 9.21. The first-order valence-electron chi connectivity index (χ1n) is 11.0. The Kier molecular flexibility index (Phi) is 4.63. The summed E-state index contributed by atoms with van der Waals surface area (Å²) in [4.78, 5) is 15.2. The number of benzene rings is 1. The number of carbonyl (C=O) groups is 1. The molecule has 1 aromatic rings. The molecule has 2 unspecified atom stereocenters. The zero-order valence-electron chi connectivity index (χ0n) is 17.1. The number of carbonyl (C=O) groups excluding carboxylic acids is 1. The normalized spacial score (nSPS) is 34.4. The van der Waals surface area contributed by atoms with Crippen LogP contribution in [0.5, 0.6) is 5.75 Å². The van der Waals surface area contributed by atoms with Crippen molar-refractivity contribution in [2.45, 2.75) is 68.9 Å². The standard InChI is InChI=1S/C23H32N2O3/c1-25-10-9-23-8-4-3-6-16(23)19(25)13-15-12-18(21(27-2)14-17(15)23)24-22(26)20-7-5-11-28-20/h12,14,16,19-20H,3-11,13H2,1-2H3,(H,24,26)/t16?,19-,20?,23-/m0/s1. The fourth-order valence-electron chi connectivity index (χ4n) is 6.50. The van der Waals surface area contributed by atoms with E-state index in [4.69, 9.17) is 9.47 Å². The smallest absolute Gasteiger partial charge is 0.253 e. The molecule has 3 fully saturated rings. The van der Waals surface area contributed by atoms with Gasteiger partial charge in [0.15, 0.2) is 0 Å². The average molecular weight is 385 g/mol. The summed E-state index contributed by atoms with van der Waals surface area (Å²) in [6.07, 6.45) is 9.06. The number of anilines is 1. The molecule has 1 aromatic carbocycles. The highest BCUT2D eigenvalue weighted by Gasteiger charge is 2.53. The van der Waals surface area contributed by atoms with Crippen molar-refractivity contribution < 1.29 is 14.3 Å². The molecule has 0 radical (unpaired) electrons. The Morgan fingerprint density at radius 1 is 1.25 bits per heavy atom. The molecule has 1 N–H and O–H groups in total. The predicted molar refractivity (Wildman–Crippen MR) is 109 cm³/mol. The first-order valence-corrected chi connectivity index (χ1v) is 11.0. The van der Waals surface area contributed by atoms with Gasteiger partial charge in [0, 0.05) is 18.1 Å². The van der Waals surface area contributed by atoms with Crippen LogP contribution in [0.15, 0.2) is 12.1 Å². The molecule has 2 aliphatic carbocycles. The predicted octanol–water partition coefficient (Wildman–Crippen LogP) is 3.50. The topological polar surface area (TPSA) is 50.8 Å². The van der Waals surface area contributed by atoms with E-state index in [1.165, 1.54) is 49.8 Å². The molecule has 2 saturated heterocycles. The molecule has 152 valence electrons. The molecule has 1 amide bonds. The summed E-state index contributed by atoms with van der Waals surface area (Å²) in [5.74, 6) is 1.50. The number of nitrogens with zero attached hydrogens (tertiary/aromatic N) is 1. The quantitative estimate of drug-likeness (QED) is 0.867. The molecule has 4 atom stereocenters. The number of likely N-dealkylation sites (N-methyl/N-ethyl adjacent to an activating group) is 1. The van der Waals surface area contributed by atoms with Gasteiger partial charge in [-0.25, -0.2) is 0 Å². The third-order valence-corrected chi connectivity index (χ3v) is 7.91. The number of hydrogen-bond donors (Lipinski definition) is 1. The molecule has 28 heavy (non-hydrogen) atoms. The van der Waals surface area contributed by atoms with E-state index in [0.717, 1.165) is 36.6 Å². The lowest BCUT2D eigenvalue weighted by Crippen LogP contribution is -2.59. The highest BCUT2D eigenvalue weighted by Crippen LogP contribution is 2.56. The maximum Gasteiger partial charge on any atom is 0.253 e. The molecular weight excluding hydrogens is 352 g/mol. The summed E-state index contributed by atoms with van der Waals surface area (Å²) in [5.41, 5.74) is 3.99. The number of ether oxygens (including phenoxy) is 2. The van der Waals surface area contributed by atoms with Crippen molar-refractivity contribution in [3.63, 3.8) is 0 Å². The third-order valence-electron chi connectivity index (χ3n) is 7.91. The fraction of sp³-hybridized carbons (Fsp3) is 0.696. The zero-order chi connectivity index (χ0) is 19.3. The number of rotatable bonds is 3. The molecule has 1 saturated carbocycles. The molecule has 2 aliphatic heterocycles. The summed E-state index contributed by atoms with van der Waals surface area (Å²) >= 11 is 0. The van der Waals surface area contributed by atoms with Gasteiger partial charge in [0.1, 0.15) is 11.9 Å². The summed E-state index contributed by atoms with van der Waals surface area (Å²) in [5, 5.41) is 3.10. The van der Waals surface area contributed by atoms with Crippen LogP contribution in [0.25, 0.3) is 0 Å². The number of likely N-dealkylation sites (tertiary alicyclic amines) is 1. The van der Waals surface area contributed by atoms with Gasteiger partial charge in [-0.3, -0.25) is 4.79 Å². The summed E-state index contributed by atoms with van der Waals surface area (Å²) < 4.78 is 11.3. The number of methoxy groups -OCH3 is 1. The van der Waals surface area contributed by atoms with Crippen molar-refractivity contribution in [2.24, 2.45) is 5.92 Å². The number of piperidine rings is 1. The Morgan fingerprint density at radius 2 is 2.14 bits per heavy atom. The van der Waals surface area contributed by atoms with Crippen LogP contribution in [0.4, 0.5) is 5.69 Å². The summed E-state index contributed by atoms with van der Waals surface area (Å²) in [7, 11) is 4.00. The Labute approximate surface area is 167 Å². The lowest BCUT2D eigenvalue weighted by Gasteiger charge is -2.58. The molecule has 2 heterocycles. The summed E-state index contributed by atoms with van der Waals surface area (Å²) in [6, 6.07) is 5.07. The Morgan fingerprint density at radius 3 is 2.93 bits per heavy atom. The lowest BCUT2D eigenvalue weighted by molar-refractivity contribution is -0.124. The molecule has 0 aromatic heterocycles. The number of amides is 1. The van der Waals surface area contributed by atoms with Crippen LogP contribution in [-0.2, 0) is 21.4 Å². The first kappa shape index (κ1) is 18.4. The van der Waals surface area contributed by atoms with E-state index >= 15 is 0 Å². The zero-order valence-corrected chi connectivity index (χ0v) is 17.1. The van der Waals surface area contributed by atoms with Crippen molar-refractivity contribution in [3.8, 4) is 5.75 Å². The van der Waals surface area contributed by atoms with E-state index in [9.17, 15) is 4.79 Å². The number of fused-ring (bicyclic) bond motifs is 1. The molecule has 0 spiro atoms. The van der Waals surface area contributed by atoms with Crippen molar-refractivity contribution in [1.29, 1.82) is 0 Å². The van der Waals surface area contributed by atoms with E-state index in [1.54, 1.807) is 7.11 Å². The van der Waals surface area contributed by atoms with Crippen molar-refractivity contribution >= 4 is 11.6 Å². The van der Waals surface area contributed by atoms with Gasteiger partial charge in [-0.15, -0.1) is 0 Å². The molecule has 5 nitrogen and oxygen atoms in total.